The molecule has 0 spiro atoms. The topological polar surface area (TPSA) is 46.2 Å². The van der Waals surface area contributed by atoms with E-state index in [2.05, 4.69) is 0 Å². The van der Waals surface area contributed by atoms with Crippen molar-refractivity contribution < 1.29 is 5.11 Å². The fourth-order valence-electron chi connectivity index (χ4n) is 2.81. The lowest BCUT2D eigenvalue weighted by molar-refractivity contribution is 0.108. The molecule has 2 heteroatoms. The van der Waals surface area contributed by atoms with Crippen molar-refractivity contribution >= 4 is 0 Å². The molecular formula is C8H15NO. The maximum atomic E-state index is 9.47. The van der Waals surface area contributed by atoms with Crippen LogP contribution in [0.2, 0.25) is 0 Å². The summed E-state index contributed by atoms with van der Waals surface area (Å²) in [7, 11) is 0. The maximum absolute atomic E-state index is 9.47. The first-order valence-corrected chi connectivity index (χ1v) is 4.21. The predicted molar refractivity (Wildman–Crippen MR) is 39.4 cm³/mol. The van der Waals surface area contributed by atoms with E-state index in [9.17, 15) is 5.11 Å². The summed E-state index contributed by atoms with van der Waals surface area (Å²) >= 11 is 0. The number of rotatable bonds is 1. The molecule has 2 rings (SSSR count). The molecule has 10 heavy (non-hydrogen) atoms. The molecule has 2 fully saturated rings. The number of aliphatic hydroxyl groups is 1. The van der Waals surface area contributed by atoms with Crippen molar-refractivity contribution in [2.75, 3.05) is 6.54 Å². The van der Waals surface area contributed by atoms with Gasteiger partial charge in [-0.1, -0.05) is 0 Å². The van der Waals surface area contributed by atoms with Gasteiger partial charge < -0.3 is 10.8 Å². The highest BCUT2D eigenvalue weighted by Crippen LogP contribution is 2.48. The Labute approximate surface area is 61.4 Å². The number of hydrogen-bond donors (Lipinski definition) is 2. The van der Waals surface area contributed by atoms with Crippen LogP contribution in [0, 0.1) is 17.8 Å². The van der Waals surface area contributed by atoms with Gasteiger partial charge in [0.2, 0.25) is 0 Å². The minimum atomic E-state index is -0.0210. The van der Waals surface area contributed by atoms with Gasteiger partial charge in [0, 0.05) is 0 Å². The first-order chi connectivity index (χ1) is 4.83. The first kappa shape index (κ1) is 6.62. The van der Waals surface area contributed by atoms with Crippen LogP contribution in [0.4, 0.5) is 0 Å². The van der Waals surface area contributed by atoms with Gasteiger partial charge in [0.05, 0.1) is 6.10 Å². The molecule has 0 aromatic rings. The summed E-state index contributed by atoms with van der Waals surface area (Å²) < 4.78 is 0. The highest BCUT2D eigenvalue weighted by molar-refractivity contribution is 4.97. The molecule has 0 unspecified atom stereocenters. The molecule has 0 aromatic carbocycles. The van der Waals surface area contributed by atoms with Crippen molar-refractivity contribution in [3.05, 3.63) is 0 Å². The van der Waals surface area contributed by atoms with Crippen LogP contribution in [0.25, 0.3) is 0 Å². The van der Waals surface area contributed by atoms with Gasteiger partial charge in [-0.2, -0.15) is 0 Å². The average Bonchev–Trinajstić information content (AvgIpc) is 2.42. The van der Waals surface area contributed by atoms with E-state index in [0.29, 0.717) is 11.8 Å². The molecule has 2 aliphatic carbocycles. The third-order valence-electron chi connectivity index (χ3n) is 3.34. The van der Waals surface area contributed by atoms with Crippen LogP contribution in [0.5, 0.6) is 0 Å². The van der Waals surface area contributed by atoms with Gasteiger partial charge in [-0.25, -0.2) is 0 Å². The van der Waals surface area contributed by atoms with Crippen molar-refractivity contribution in [1.82, 2.24) is 0 Å². The van der Waals surface area contributed by atoms with Gasteiger partial charge >= 0.3 is 0 Å². The Bertz CT molecular complexity index is 137. The molecule has 2 nitrogen and oxygen atoms in total. The van der Waals surface area contributed by atoms with E-state index in [4.69, 9.17) is 5.73 Å². The quantitative estimate of drug-likeness (QED) is 0.553. The fourth-order valence-corrected chi connectivity index (χ4v) is 2.81. The Kier molecular flexibility index (Phi) is 1.46. The van der Waals surface area contributed by atoms with Gasteiger partial charge in [0.25, 0.3) is 0 Å². The average molecular weight is 141 g/mol. The second-order valence-corrected chi connectivity index (χ2v) is 3.70. The minimum absolute atomic E-state index is 0.0210. The molecular weight excluding hydrogens is 126 g/mol. The summed E-state index contributed by atoms with van der Waals surface area (Å²) in [5.74, 6) is 1.95. The molecule has 4 atom stereocenters. The van der Waals surface area contributed by atoms with E-state index in [0.717, 1.165) is 18.9 Å². The summed E-state index contributed by atoms with van der Waals surface area (Å²) in [6, 6.07) is 0. The Balaban J connectivity index is 2.11. The third-order valence-corrected chi connectivity index (χ3v) is 3.34. The Morgan fingerprint density at radius 2 is 2.20 bits per heavy atom. The largest absolute Gasteiger partial charge is 0.393 e. The van der Waals surface area contributed by atoms with Crippen molar-refractivity contribution in [3.63, 3.8) is 0 Å². The zero-order valence-corrected chi connectivity index (χ0v) is 6.16. The van der Waals surface area contributed by atoms with Crippen molar-refractivity contribution in [3.8, 4) is 0 Å². The second-order valence-electron chi connectivity index (χ2n) is 3.70. The smallest absolute Gasteiger partial charge is 0.0574 e. The molecule has 2 bridgehead atoms. The second kappa shape index (κ2) is 2.21. The minimum Gasteiger partial charge on any atom is -0.393 e. The van der Waals surface area contributed by atoms with Crippen molar-refractivity contribution in [2.45, 2.75) is 25.4 Å². The maximum Gasteiger partial charge on any atom is 0.0574 e. The fraction of sp³-hybridized carbons (Fsp3) is 1.00. The lowest BCUT2D eigenvalue weighted by Crippen LogP contribution is -2.22. The van der Waals surface area contributed by atoms with Crippen LogP contribution in [-0.4, -0.2) is 17.8 Å². The molecule has 0 aliphatic heterocycles. The van der Waals surface area contributed by atoms with Gasteiger partial charge in [-0.3, -0.25) is 0 Å². The predicted octanol–water partition coefficient (Wildman–Crippen LogP) is 0.352. The van der Waals surface area contributed by atoms with E-state index < -0.39 is 0 Å². The molecule has 0 amide bonds. The Hall–Kier alpha value is -0.0800. The number of hydrogen-bond acceptors (Lipinski definition) is 2. The van der Waals surface area contributed by atoms with Crippen molar-refractivity contribution in [2.24, 2.45) is 23.5 Å². The summed E-state index contributed by atoms with van der Waals surface area (Å²) in [5, 5.41) is 9.47. The molecule has 2 saturated carbocycles. The molecule has 0 heterocycles. The Morgan fingerprint density at radius 1 is 1.40 bits per heavy atom. The molecule has 3 N–H and O–H groups in total. The highest BCUT2D eigenvalue weighted by Gasteiger charge is 2.46. The van der Waals surface area contributed by atoms with E-state index in [-0.39, 0.29) is 6.10 Å². The molecule has 0 saturated heterocycles. The lowest BCUT2D eigenvalue weighted by Gasteiger charge is -2.15. The Morgan fingerprint density at radius 3 is 2.50 bits per heavy atom. The van der Waals surface area contributed by atoms with Crippen LogP contribution in [-0.2, 0) is 0 Å². The third kappa shape index (κ3) is 0.722. The van der Waals surface area contributed by atoms with Crippen LogP contribution in [0.1, 0.15) is 19.3 Å². The van der Waals surface area contributed by atoms with Crippen molar-refractivity contribution in [1.29, 1.82) is 0 Å². The summed E-state index contributed by atoms with van der Waals surface area (Å²) in [6.07, 6.45) is 3.52. The molecule has 2 aliphatic rings. The lowest BCUT2D eigenvalue weighted by atomic mass is 9.97. The van der Waals surface area contributed by atoms with Gasteiger partial charge in [-0.05, 0) is 43.6 Å². The normalized spacial score (nSPS) is 52.2. The zero-order valence-electron chi connectivity index (χ0n) is 6.16. The van der Waals surface area contributed by atoms with Gasteiger partial charge in [-0.15, -0.1) is 0 Å². The van der Waals surface area contributed by atoms with E-state index in [1.165, 1.54) is 12.8 Å². The highest BCUT2D eigenvalue weighted by atomic mass is 16.3. The van der Waals surface area contributed by atoms with Crippen LogP contribution < -0.4 is 5.73 Å². The molecule has 0 radical (unpaired) electrons. The first-order valence-electron chi connectivity index (χ1n) is 4.21. The molecule has 58 valence electrons. The van der Waals surface area contributed by atoms with Gasteiger partial charge in [0.15, 0.2) is 0 Å². The van der Waals surface area contributed by atoms with E-state index in [1.54, 1.807) is 0 Å². The number of aliphatic hydroxyl groups excluding tert-OH is 1. The summed E-state index contributed by atoms with van der Waals surface area (Å²) in [5.41, 5.74) is 5.61. The van der Waals surface area contributed by atoms with E-state index >= 15 is 0 Å². The monoisotopic (exact) mass is 141 g/mol. The van der Waals surface area contributed by atoms with Gasteiger partial charge in [0.1, 0.15) is 0 Å². The van der Waals surface area contributed by atoms with Crippen LogP contribution >= 0.6 is 0 Å². The zero-order chi connectivity index (χ0) is 7.14. The van der Waals surface area contributed by atoms with E-state index in [1.807, 2.05) is 0 Å². The molecule has 0 aromatic heterocycles. The SMILES string of the molecule is NC[C@@H]1[C@H]2CC[C@@H]1[C@@H](O)C2. The number of nitrogens with two attached hydrogens (primary N) is 1. The summed E-state index contributed by atoms with van der Waals surface area (Å²) in [4.78, 5) is 0. The standard InChI is InChI=1S/C8H15NO/c9-4-7-5-1-2-6(7)8(10)3-5/h5-8,10H,1-4,9H2/t5-,6-,7+,8-/m0/s1. The number of fused-ring (bicyclic) bond motifs is 2. The summed E-state index contributed by atoms with van der Waals surface area (Å²) in [6.45, 7) is 0.784. The van der Waals surface area contributed by atoms with Crippen LogP contribution in [0.3, 0.4) is 0 Å². The van der Waals surface area contributed by atoms with Crippen LogP contribution in [0.15, 0.2) is 0 Å².